The Morgan fingerprint density at radius 1 is 1.17 bits per heavy atom. The topological polar surface area (TPSA) is 33.7 Å². The quantitative estimate of drug-likeness (QED) is 0.824. The summed E-state index contributed by atoms with van der Waals surface area (Å²) < 4.78 is 10.8. The molecule has 0 spiro atoms. The molecule has 2 unspecified atom stereocenters. The van der Waals surface area contributed by atoms with E-state index < -0.39 is 0 Å². The van der Waals surface area contributed by atoms with Gasteiger partial charge in [-0.05, 0) is 32.4 Å². The summed E-state index contributed by atoms with van der Waals surface area (Å²) in [6.45, 7) is 6.94. The van der Waals surface area contributed by atoms with Gasteiger partial charge in [-0.1, -0.05) is 0 Å². The molecule has 0 aliphatic carbocycles. The molecule has 0 saturated carbocycles. The first-order valence-corrected chi connectivity index (χ1v) is 6.63. The molecule has 0 aromatic heterocycles. The van der Waals surface area contributed by atoms with E-state index in [9.17, 15) is 0 Å². The predicted octanol–water partition coefficient (Wildman–Crippen LogP) is 1.99. The molecule has 2 heterocycles. The molecule has 4 nitrogen and oxygen atoms in total. The average molecular weight is 248 g/mol. The third kappa shape index (κ3) is 2.25. The molecule has 1 saturated heterocycles. The Balaban J connectivity index is 1.81. The second-order valence-corrected chi connectivity index (χ2v) is 5.24. The van der Waals surface area contributed by atoms with Gasteiger partial charge in [0.1, 0.15) is 0 Å². The zero-order chi connectivity index (χ0) is 12.5. The number of benzene rings is 1. The molecular formula is C14H20N2O2. The zero-order valence-corrected chi connectivity index (χ0v) is 11.0. The molecular weight excluding hydrogens is 228 g/mol. The van der Waals surface area contributed by atoms with Crippen molar-refractivity contribution in [1.82, 2.24) is 5.32 Å². The van der Waals surface area contributed by atoms with E-state index in [-0.39, 0.29) is 0 Å². The fourth-order valence-corrected chi connectivity index (χ4v) is 2.71. The Labute approximate surface area is 108 Å². The second-order valence-electron chi connectivity index (χ2n) is 5.24. The Hall–Kier alpha value is -1.42. The van der Waals surface area contributed by atoms with Gasteiger partial charge in [0.05, 0.1) is 0 Å². The normalized spacial score (nSPS) is 27.1. The van der Waals surface area contributed by atoms with Crippen molar-refractivity contribution in [3.63, 3.8) is 0 Å². The van der Waals surface area contributed by atoms with Gasteiger partial charge in [-0.25, -0.2) is 0 Å². The SMILES string of the molecule is CC1CCN(c2ccc3c(c2)OCO3)CC(C)N1. The number of nitrogens with one attached hydrogen (secondary N) is 1. The number of fused-ring (bicyclic) bond motifs is 1. The van der Waals surface area contributed by atoms with E-state index in [1.54, 1.807) is 0 Å². The van der Waals surface area contributed by atoms with E-state index in [1.807, 2.05) is 6.07 Å². The van der Waals surface area contributed by atoms with E-state index in [0.717, 1.165) is 24.6 Å². The lowest BCUT2D eigenvalue weighted by Gasteiger charge is -2.24. The number of nitrogens with zero attached hydrogens (tertiary/aromatic N) is 1. The summed E-state index contributed by atoms with van der Waals surface area (Å²) in [7, 11) is 0. The number of hydrogen-bond acceptors (Lipinski definition) is 4. The smallest absolute Gasteiger partial charge is 0.231 e. The first-order chi connectivity index (χ1) is 8.72. The third-order valence-electron chi connectivity index (χ3n) is 3.62. The number of rotatable bonds is 1. The van der Waals surface area contributed by atoms with Gasteiger partial charge in [0.25, 0.3) is 0 Å². The number of anilines is 1. The second kappa shape index (κ2) is 4.69. The van der Waals surface area contributed by atoms with Crippen molar-refractivity contribution in [2.24, 2.45) is 0 Å². The lowest BCUT2D eigenvalue weighted by Crippen LogP contribution is -2.37. The Kier molecular flexibility index (Phi) is 3.04. The van der Waals surface area contributed by atoms with E-state index in [4.69, 9.17) is 9.47 Å². The standard InChI is InChI=1S/C14H20N2O2/c1-10-5-6-16(8-11(2)15-10)12-3-4-13-14(7-12)18-9-17-13/h3-4,7,10-11,15H,5-6,8-9H2,1-2H3. The molecule has 2 aliphatic heterocycles. The van der Waals surface area contributed by atoms with Crippen LogP contribution in [0, 0.1) is 0 Å². The summed E-state index contributed by atoms with van der Waals surface area (Å²) in [5, 5.41) is 3.60. The largest absolute Gasteiger partial charge is 0.454 e. The first kappa shape index (κ1) is 11.7. The predicted molar refractivity (Wildman–Crippen MR) is 71.5 cm³/mol. The van der Waals surface area contributed by atoms with E-state index in [2.05, 4.69) is 36.2 Å². The molecule has 18 heavy (non-hydrogen) atoms. The molecule has 4 heteroatoms. The third-order valence-corrected chi connectivity index (χ3v) is 3.62. The van der Waals surface area contributed by atoms with Crippen LogP contribution in [0.4, 0.5) is 5.69 Å². The highest BCUT2D eigenvalue weighted by atomic mass is 16.7. The van der Waals surface area contributed by atoms with E-state index in [0.29, 0.717) is 18.9 Å². The lowest BCUT2D eigenvalue weighted by atomic mass is 10.2. The summed E-state index contributed by atoms with van der Waals surface area (Å²) in [4.78, 5) is 2.42. The average Bonchev–Trinajstić information content (AvgIpc) is 2.74. The minimum atomic E-state index is 0.341. The molecule has 0 bridgehead atoms. The van der Waals surface area contributed by atoms with Gasteiger partial charge >= 0.3 is 0 Å². The first-order valence-electron chi connectivity index (χ1n) is 6.63. The van der Waals surface area contributed by atoms with Crippen LogP contribution in [0.3, 0.4) is 0 Å². The molecule has 0 radical (unpaired) electrons. The van der Waals surface area contributed by atoms with Gasteiger partial charge in [0.15, 0.2) is 11.5 Å². The highest BCUT2D eigenvalue weighted by Gasteiger charge is 2.20. The molecule has 1 fully saturated rings. The Morgan fingerprint density at radius 2 is 2.00 bits per heavy atom. The minimum absolute atomic E-state index is 0.341. The number of hydrogen-bond donors (Lipinski definition) is 1. The molecule has 1 N–H and O–H groups in total. The van der Waals surface area contributed by atoms with Crippen LogP contribution < -0.4 is 19.7 Å². The molecule has 1 aromatic rings. The van der Waals surface area contributed by atoms with Crippen molar-refractivity contribution < 1.29 is 9.47 Å². The van der Waals surface area contributed by atoms with Crippen LogP contribution in [0.5, 0.6) is 11.5 Å². The van der Waals surface area contributed by atoms with Crippen LogP contribution in [-0.2, 0) is 0 Å². The highest BCUT2D eigenvalue weighted by Crippen LogP contribution is 2.35. The van der Waals surface area contributed by atoms with Gasteiger partial charge in [-0.3, -0.25) is 0 Å². The molecule has 1 aromatic carbocycles. The summed E-state index contributed by atoms with van der Waals surface area (Å²) in [6, 6.07) is 7.30. The van der Waals surface area contributed by atoms with E-state index in [1.165, 1.54) is 12.1 Å². The van der Waals surface area contributed by atoms with Gasteiger partial charge in [0.2, 0.25) is 6.79 Å². The zero-order valence-electron chi connectivity index (χ0n) is 11.0. The van der Waals surface area contributed by atoms with Crippen molar-refractivity contribution in [2.45, 2.75) is 32.4 Å². The summed E-state index contributed by atoms with van der Waals surface area (Å²) in [5.41, 5.74) is 1.22. The van der Waals surface area contributed by atoms with Crippen LogP contribution in [0.25, 0.3) is 0 Å². The van der Waals surface area contributed by atoms with Crippen LogP contribution in [0.1, 0.15) is 20.3 Å². The van der Waals surface area contributed by atoms with Crippen molar-refractivity contribution in [3.8, 4) is 11.5 Å². The molecule has 2 aliphatic rings. The summed E-state index contributed by atoms with van der Waals surface area (Å²) in [5.74, 6) is 1.72. The van der Waals surface area contributed by atoms with Crippen LogP contribution in [-0.4, -0.2) is 32.0 Å². The summed E-state index contributed by atoms with van der Waals surface area (Å²) >= 11 is 0. The number of ether oxygens (including phenoxy) is 2. The summed E-state index contributed by atoms with van der Waals surface area (Å²) in [6.07, 6.45) is 1.17. The van der Waals surface area contributed by atoms with Gasteiger partial charge < -0.3 is 19.7 Å². The lowest BCUT2D eigenvalue weighted by molar-refractivity contribution is 0.174. The van der Waals surface area contributed by atoms with Gasteiger partial charge in [-0.2, -0.15) is 0 Å². The Bertz CT molecular complexity index is 436. The van der Waals surface area contributed by atoms with Crippen molar-refractivity contribution in [3.05, 3.63) is 18.2 Å². The Morgan fingerprint density at radius 3 is 2.89 bits per heavy atom. The van der Waals surface area contributed by atoms with Crippen molar-refractivity contribution >= 4 is 5.69 Å². The van der Waals surface area contributed by atoms with Crippen LogP contribution in [0.15, 0.2) is 18.2 Å². The van der Waals surface area contributed by atoms with E-state index >= 15 is 0 Å². The minimum Gasteiger partial charge on any atom is -0.454 e. The maximum atomic E-state index is 5.44. The van der Waals surface area contributed by atoms with Crippen LogP contribution in [0.2, 0.25) is 0 Å². The monoisotopic (exact) mass is 248 g/mol. The fraction of sp³-hybridized carbons (Fsp3) is 0.571. The van der Waals surface area contributed by atoms with Gasteiger partial charge in [0, 0.05) is 36.9 Å². The maximum Gasteiger partial charge on any atom is 0.231 e. The molecule has 0 amide bonds. The maximum absolute atomic E-state index is 5.44. The molecule has 3 rings (SSSR count). The van der Waals surface area contributed by atoms with Gasteiger partial charge in [-0.15, -0.1) is 0 Å². The van der Waals surface area contributed by atoms with Crippen LogP contribution >= 0.6 is 0 Å². The van der Waals surface area contributed by atoms with Crippen molar-refractivity contribution in [2.75, 3.05) is 24.8 Å². The molecule has 2 atom stereocenters. The highest BCUT2D eigenvalue weighted by molar-refractivity contribution is 5.57. The van der Waals surface area contributed by atoms with Crippen molar-refractivity contribution in [1.29, 1.82) is 0 Å². The molecule has 98 valence electrons. The fourth-order valence-electron chi connectivity index (χ4n) is 2.71.